The minimum atomic E-state index is -3.45. The summed E-state index contributed by atoms with van der Waals surface area (Å²) in [4.78, 5) is 10.9. The van der Waals surface area contributed by atoms with Crippen LogP contribution in [-0.2, 0) is 36.1 Å². The quantitative estimate of drug-likeness (QED) is 0.370. The summed E-state index contributed by atoms with van der Waals surface area (Å²) in [5.41, 5.74) is 0.609. The average molecular weight is 338 g/mol. The third-order valence-electron chi connectivity index (χ3n) is 2.22. The molecule has 0 saturated carbocycles. The molecule has 116 valence electrons. The van der Waals surface area contributed by atoms with E-state index in [-0.39, 0.29) is 27.9 Å². The Morgan fingerprint density at radius 3 is 2.00 bits per heavy atom. The van der Waals surface area contributed by atoms with Crippen molar-refractivity contribution in [3.63, 3.8) is 0 Å². The molecular formula is C13H14FeO5S-6. The second-order valence-electron chi connectivity index (χ2n) is 3.41. The molecule has 2 rings (SSSR count). The molecule has 0 heterocycles. The van der Waals surface area contributed by atoms with Crippen molar-refractivity contribution in [1.82, 2.24) is 0 Å². The van der Waals surface area contributed by atoms with Crippen LogP contribution in [0.2, 0.25) is 0 Å². The van der Waals surface area contributed by atoms with Gasteiger partial charge in [-0.3, -0.25) is 8.98 Å². The van der Waals surface area contributed by atoms with Crippen LogP contribution >= 0.6 is 0 Å². The minimum absolute atomic E-state index is 0. The van der Waals surface area contributed by atoms with E-state index in [1.165, 1.54) is 19.2 Å². The molecule has 2 aromatic carbocycles. The molecule has 0 spiro atoms. The van der Waals surface area contributed by atoms with Crippen molar-refractivity contribution in [2.75, 3.05) is 14.2 Å². The molecule has 0 N–H and O–H groups in total. The summed E-state index contributed by atoms with van der Waals surface area (Å²) in [6.45, 7) is 0. The van der Waals surface area contributed by atoms with E-state index < -0.39 is 10.1 Å². The summed E-state index contributed by atoms with van der Waals surface area (Å²) in [5, 5.41) is 0. The molecule has 0 radical (unpaired) electrons. The summed E-state index contributed by atoms with van der Waals surface area (Å²) in [6.07, 6.45) is 0. The van der Waals surface area contributed by atoms with E-state index in [0.717, 1.165) is 7.11 Å². The summed E-state index contributed by atoms with van der Waals surface area (Å²) in [5.74, 6) is -0.278. The molecule has 0 unspecified atom stereocenters. The van der Waals surface area contributed by atoms with E-state index in [0.29, 0.717) is 5.56 Å². The molecular weight excluding hydrogens is 324 g/mol. The molecule has 7 heteroatoms. The summed E-state index contributed by atoms with van der Waals surface area (Å²) < 4.78 is 30.4. The average Bonchev–Trinajstić information content (AvgIpc) is 3.10. The number of hydrogen-bond acceptors (Lipinski definition) is 5. The normalized spacial score (nSPS) is 9.90. The van der Waals surface area contributed by atoms with Crippen LogP contribution in [0.4, 0.5) is 0 Å². The maximum absolute atomic E-state index is 10.8. The van der Waals surface area contributed by atoms with Crippen molar-refractivity contribution in [3.05, 3.63) is 54.1 Å². The first-order valence-corrected chi connectivity index (χ1v) is 6.74. The Morgan fingerprint density at radius 1 is 1.10 bits per heavy atom. The molecule has 0 amide bonds. The van der Waals surface area contributed by atoms with Crippen molar-refractivity contribution in [1.29, 1.82) is 0 Å². The van der Waals surface area contributed by atoms with E-state index >= 15 is 0 Å². The maximum Gasteiger partial charge on any atom is 0.280 e. The zero-order valence-corrected chi connectivity index (χ0v) is 12.8. The van der Waals surface area contributed by atoms with Crippen LogP contribution in [0.1, 0.15) is 10.4 Å². The van der Waals surface area contributed by atoms with Crippen molar-refractivity contribution in [2.45, 2.75) is 4.90 Å². The van der Waals surface area contributed by atoms with Gasteiger partial charge in [-0.25, -0.2) is 20.6 Å². The molecule has 0 aliphatic heterocycles. The van der Waals surface area contributed by atoms with E-state index in [4.69, 9.17) is 0 Å². The Labute approximate surface area is 128 Å². The first-order chi connectivity index (χ1) is 9.01. The van der Waals surface area contributed by atoms with Gasteiger partial charge in [0.05, 0.1) is 14.2 Å². The van der Waals surface area contributed by atoms with Gasteiger partial charge in [0.15, 0.2) is 0 Å². The first kappa shape index (κ1) is 18.6. The SMILES string of the molecule is COC(=O)[c-]1cccc1.COS(=O)(=O)[c-]1[cH-][cH-][cH-][cH-]1.[Fe]. The van der Waals surface area contributed by atoms with Gasteiger partial charge >= 0.3 is 0 Å². The molecule has 0 atom stereocenters. The fraction of sp³-hybridized carbons (Fsp3) is 0.154. The number of carbonyl (C=O) groups is 1. The molecule has 0 aromatic heterocycles. The minimum Gasteiger partial charge on any atom is -0.747 e. The summed E-state index contributed by atoms with van der Waals surface area (Å²) in [6, 6.07) is 13.3. The predicted molar refractivity (Wildman–Crippen MR) is 69.6 cm³/mol. The van der Waals surface area contributed by atoms with Gasteiger partial charge in [-0.2, -0.15) is 12.1 Å². The molecule has 0 aliphatic rings. The van der Waals surface area contributed by atoms with Gasteiger partial charge in [-0.15, -0.1) is 0 Å². The smallest absolute Gasteiger partial charge is 0.280 e. The van der Waals surface area contributed by atoms with Gasteiger partial charge in [0.1, 0.15) is 10.1 Å². The van der Waals surface area contributed by atoms with Crippen LogP contribution < -0.4 is 0 Å². The number of ether oxygens (including phenoxy) is 1. The molecule has 20 heavy (non-hydrogen) atoms. The Balaban J connectivity index is 0.000000345. The van der Waals surface area contributed by atoms with Crippen molar-refractivity contribution in [3.8, 4) is 0 Å². The molecule has 2 aromatic rings. The number of carbonyl (C=O) groups excluding carboxylic acids is 1. The van der Waals surface area contributed by atoms with Gasteiger partial charge < -0.3 is 33.9 Å². The van der Waals surface area contributed by atoms with Crippen LogP contribution in [-0.4, -0.2) is 28.6 Å². The zero-order valence-electron chi connectivity index (χ0n) is 10.9. The van der Waals surface area contributed by atoms with Gasteiger partial charge in [-0.1, -0.05) is 5.56 Å². The number of methoxy groups -OCH3 is 1. The standard InChI is InChI=1S/C7H7O2.C6H7O3S.Fe/c1-9-7(8)6-4-2-3-5-6;1-9-10(7,8)6-4-2-3-5-6;/h2-5H,1H3;2-5H,1H3;/q-1;-5;. The molecule has 5 nitrogen and oxygen atoms in total. The van der Waals surface area contributed by atoms with Crippen molar-refractivity contribution < 1.29 is 39.2 Å². The van der Waals surface area contributed by atoms with E-state index in [2.05, 4.69) is 8.92 Å². The Kier molecular flexibility index (Phi) is 8.10. The molecule has 0 saturated heterocycles. The van der Waals surface area contributed by atoms with E-state index in [9.17, 15) is 13.2 Å². The monoisotopic (exact) mass is 338 g/mol. The van der Waals surface area contributed by atoms with E-state index in [1.807, 2.05) is 0 Å². The van der Waals surface area contributed by atoms with Crippen LogP contribution in [0, 0.1) is 0 Å². The first-order valence-electron chi connectivity index (χ1n) is 5.33. The van der Waals surface area contributed by atoms with Crippen molar-refractivity contribution in [2.24, 2.45) is 0 Å². The maximum atomic E-state index is 10.8. The molecule has 0 fully saturated rings. The number of esters is 1. The van der Waals surface area contributed by atoms with Crippen LogP contribution in [0.15, 0.2) is 53.4 Å². The van der Waals surface area contributed by atoms with Crippen LogP contribution in [0.3, 0.4) is 0 Å². The predicted octanol–water partition coefficient (Wildman–Crippen LogP) is 1.93. The third kappa shape index (κ3) is 5.30. The second-order valence-corrected chi connectivity index (χ2v) is 5.12. The topological polar surface area (TPSA) is 69.7 Å². The number of rotatable bonds is 3. The van der Waals surface area contributed by atoms with Gasteiger partial charge in [0, 0.05) is 17.1 Å². The Morgan fingerprint density at radius 2 is 1.60 bits per heavy atom. The van der Waals surface area contributed by atoms with E-state index in [1.54, 1.807) is 36.4 Å². The molecule has 0 aliphatic carbocycles. The second kappa shape index (κ2) is 8.71. The Hall–Kier alpha value is -1.40. The third-order valence-corrected chi connectivity index (χ3v) is 3.51. The Bertz CT molecular complexity index is 585. The summed E-state index contributed by atoms with van der Waals surface area (Å²) in [7, 11) is -0.943. The van der Waals surface area contributed by atoms with Gasteiger partial charge in [0.25, 0.3) is 5.97 Å². The van der Waals surface area contributed by atoms with Crippen molar-refractivity contribution >= 4 is 16.1 Å². The van der Waals surface area contributed by atoms with Crippen LogP contribution in [0.5, 0.6) is 0 Å². The van der Waals surface area contributed by atoms with Gasteiger partial charge in [0.2, 0.25) is 0 Å². The zero-order chi connectivity index (χ0) is 14.3. The van der Waals surface area contributed by atoms with Crippen LogP contribution in [0.25, 0.3) is 0 Å². The summed E-state index contributed by atoms with van der Waals surface area (Å²) >= 11 is 0. The molecule has 0 bridgehead atoms. The largest absolute Gasteiger partial charge is 0.747 e. The number of hydrogen-bond donors (Lipinski definition) is 0. The van der Waals surface area contributed by atoms with Gasteiger partial charge in [-0.05, 0) is 0 Å². The fourth-order valence-electron chi connectivity index (χ4n) is 1.25. The fourth-order valence-corrected chi connectivity index (χ4v) is 1.93.